The van der Waals surface area contributed by atoms with Crippen LogP contribution in [-0.2, 0) is 6.42 Å². The van der Waals surface area contributed by atoms with Crippen molar-refractivity contribution in [1.82, 2.24) is 20.5 Å². The quantitative estimate of drug-likeness (QED) is 0.574. The average molecular weight is 289 g/mol. The van der Waals surface area contributed by atoms with Crippen LogP contribution in [0.2, 0.25) is 0 Å². The number of hydrogen-bond acceptors (Lipinski definition) is 5. The van der Waals surface area contributed by atoms with E-state index in [0.29, 0.717) is 0 Å². The van der Waals surface area contributed by atoms with Gasteiger partial charge in [-0.15, -0.1) is 0 Å². The molecule has 0 amide bonds. The molecule has 1 aromatic heterocycles. The van der Waals surface area contributed by atoms with Crippen LogP contribution in [0.5, 0.6) is 0 Å². The van der Waals surface area contributed by atoms with Gasteiger partial charge in [0, 0.05) is 31.1 Å². The third-order valence-corrected chi connectivity index (χ3v) is 3.28. The van der Waals surface area contributed by atoms with Gasteiger partial charge < -0.3 is 5.32 Å². The highest BCUT2D eigenvalue weighted by Crippen LogP contribution is 2.22. The molecule has 7 heteroatoms. The highest BCUT2D eigenvalue weighted by atomic mass is 16.6. The number of H-pyrrole nitrogens is 1. The molecule has 0 saturated carbocycles. The van der Waals surface area contributed by atoms with E-state index in [0.717, 1.165) is 37.2 Å². The van der Waals surface area contributed by atoms with E-state index in [1.54, 1.807) is 12.1 Å². The number of rotatable bonds is 8. The van der Waals surface area contributed by atoms with Gasteiger partial charge in [0.2, 0.25) is 0 Å². The number of nitrogens with zero attached hydrogens (tertiary/aromatic N) is 3. The molecule has 21 heavy (non-hydrogen) atoms. The number of nitrogens with one attached hydrogen (secondary N) is 2. The number of hydrogen-bond donors (Lipinski definition) is 2. The minimum absolute atomic E-state index is 0.109. The second-order valence-corrected chi connectivity index (χ2v) is 4.83. The summed E-state index contributed by atoms with van der Waals surface area (Å²) in [6, 6.07) is 6.92. The van der Waals surface area contributed by atoms with Crippen LogP contribution in [0, 0.1) is 10.1 Å². The minimum Gasteiger partial charge on any atom is -0.309 e. The van der Waals surface area contributed by atoms with Crippen molar-refractivity contribution in [3.8, 4) is 0 Å². The fraction of sp³-hybridized carbons (Fsp3) is 0.429. The highest BCUT2D eigenvalue weighted by molar-refractivity contribution is 5.35. The van der Waals surface area contributed by atoms with Gasteiger partial charge in [0.1, 0.15) is 12.2 Å². The Kier molecular flexibility index (Phi) is 5.39. The Morgan fingerprint density at radius 1 is 1.48 bits per heavy atom. The molecule has 2 N–H and O–H groups in total. The fourth-order valence-corrected chi connectivity index (χ4v) is 2.25. The first-order chi connectivity index (χ1) is 10.2. The van der Waals surface area contributed by atoms with E-state index < -0.39 is 0 Å². The fourth-order valence-electron chi connectivity index (χ4n) is 2.25. The van der Waals surface area contributed by atoms with Crippen molar-refractivity contribution in [3.63, 3.8) is 0 Å². The maximum absolute atomic E-state index is 10.9. The maximum atomic E-state index is 10.9. The smallest absolute Gasteiger partial charge is 0.269 e. The summed E-state index contributed by atoms with van der Waals surface area (Å²) in [5, 5.41) is 20.9. The highest BCUT2D eigenvalue weighted by Gasteiger charge is 2.14. The summed E-state index contributed by atoms with van der Waals surface area (Å²) in [4.78, 5) is 14.6. The molecule has 0 aliphatic rings. The number of aromatic amines is 1. The Balaban J connectivity index is 2.00. The molecule has 7 nitrogen and oxygen atoms in total. The summed E-state index contributed by atoms with van der Waals surface area (Å²) in [6.45, 7) is 2.84. The molecule has 0 bridgehead atoms. The van der Waals surface area contributed by atoms with Gasteiger partial charge in [0.05, 0.1) is 4.92 Å². The molecular formula is C14H19N5O2. The van der Waals surface area contributed by atoms with Crippen LogP contribution < -0.4 is 5.32 Å². The standard InChI is InChI=1S/C14H19N5O2/c1-2-4-13(15-8-7-14-16-10-17-18-14)11-5-3-6-12(9-11)19(20)21/h3,5-6,9-10,13,15H,2,4,7-8H2,1H3,(H,16,17,18). The van der Waals surface area contributed by atoms with Crippen LogP contribution in [0.1, 0.15) is 37.2 Å². The van der Waals surface area contributed by atoms with Crippen LogP contribution in [0.3, 0.4) is 0 Å². The third kappa shape index (κ3) is 4.35. The zero-order valence-electron chi connectivity index (χ0n) is 12.0. The number of aromatic nitrogens is 3. The van der Waals surface area contributed by atoms with Crippen molar-refractivity contribution < 1.29 is 4.92 Å². The molecule has 2 rings (SSSR count). The summed E-state index contributed by atoms with van der Waals surface area (Å²) < 4.78 is 0. The lowest BCUT2D eigenvalue weighted by Crippen LogP contribution is -2.24. The molecule has 1 unspecified atom stereocenters. The topological polar surface area (TPSA) is 96.7 Å². The predicted molar refractivity (Wildman–Crippen MR) is 78.8 cm³/mol. The Bertz CT molecular complexity index is 571. The predicted octanol–water partition coefficient (Wildman–Crippen LogP) is 2.39. The molecule has 2 aromatic rings. The van der Waals surface area contributed by atoms with Crippen LogP contribution in [0.25, 0.3) is 0 Å². The molecule has 0 aliphatic carbocycles. The summed E-state index contributed by atoms with van der Waals surface area (Å²) in [5.74, 6) is 0.830. The van der Waals surface area contributed by atoms with Crippen LogP contribution in [0.15, 0.2) is 30.6 Å². The lowest BCUT2D eigenvalue weighted by molar-refractivity contribution is -0.384. The largest absolute Gasteiger partial charge is 0.309 e. The Morgan fingerprint density at radius 2 is 2.33 bits per heavy atom. The van der Waals surface area contributed by atoms with Gasteiger partial charge in [-0.25, -0.2) is 4.98 Å². The summed E-state index contributed by atoms with van der Waals surface area (Å²) >= 11 is 0. The van der Waals surface area contributed by atoms with Gasteiger partial charge in [-0.05, 0) is 12.0 Å². The normalized spacial score (nSPS) is 12.2. The first kappa shape index (κ1) is 15.1. The van der Waals surface area contributed by atoms with Crippen molar-refractivity contribution in [2.75, 3.05) is 6.54 Å². The van der Waals surface area contributed by atoms with E-state index >= 15 is 0 Å². The first-order valence-electron chi connectivity index (χ1n) is 7.02. The SMILES string of the molecule is CCCC(NCCc1ncn[nH]1)c1cccc([N+](=O)[O-])c1. The van der Waals surface area contributed by atoms with E-state index in [4.69, 9.17) is 0 Å². The lowest BCUT2D eigenvalue weighted by atomic mass is 10.0. The second kappa shape index (κ2) is 7.49. The minimum atomic E-state index is -0.360. The molecule has 0 aliphatic heterocycles. The van der Waals surface area contributed by atoms with E-state index in [1.165, 1.54) is 12.4 Å². The Morgan fingerprint density at radius 3 is 3.00 bits per heavy atom. The van der Waals surface area contributed by atoms with E-state index in [2.05, 4.69) is 27.4 Å². The van der Waals surface area contributed by atoms with Gasteiger partial charge in [0.15, 0.2) is 0 Å². The van der Waals surface area contributed by atoms with Crippen LogP contribution in [0.4, 0.5) is 5.69 Å². The van der Waals surface area contributed by atoms with Crippen molar-refractivity contribution in [3.05, 3.63) is 52.1 Å². The van der Waals surface area contributed by atoms with E-state index in [1.807, 2.05) is 6.07 Å². The molecule has 1 atom stereocenters. The maximum Gasteiger partial charge on any atom is 0.269 e. The van der Waals surface area contributed by atoms with Crippen molar-refractivity contribution in [2.45, 2.75) is 32.2 Å². The number of benzene rings is 1. The van der Waals surface area contributed by atoms with Gasteiger partial charge in [-0.2, -0.15) is 5.10 Å². The molecule has 1 aromatic carbocycles. The molecule has 0 fully saturated rings. The zero-order chi connectivity index (χ0) is 15.1. The average Bonchev–Trinajstić information content (AvgIpc) is 3.00. The molecule has 0 saturated heterocycles. The third-order valence-electron chi connectivity index (χ3n) is 3.28. The number of nitro benzene ring substituents is 1. The summed E-state index contributed by atoms with van der Waals surface area (Å²) in [7, 11) is 0. The van der Waals surface area contributed by atoms with Gasteiger partial charge in [-0.3, -0.25) is 15.2 Å². The second-order valence-electron chi connectivity index (χ2n) is 4.83. The lowest BCUT2D eigenvalue weighted by Gasteiger charge is -2.18. The molecule has 0 radical (unpaired) electrons. The number of non-ortho nitro benzene ring substituents is 1. The van der Waals surface area contributed by atoms with Gasteiger partial charge >= 0.3 is 0 Å². The van der Waals surface area contributed by atoms with E-state index in [-0.39, 0.29) is 16.7 Å². The zero-order valence-corrected chi connectivity index (χ0v) is 12.0. The number of nitro groups is 1. The first-order valence-corrected chi connectivity index (χ1v) is 7.02. The molecule has 112 valence electrons. The van der Waals surface area contributed by atoms with Crippen molar-refractivity contribution >= 4 is 5.69 Å². The van der Waals surface area contributed by atoms with E-state index in [9.17, 15) is 10.1 Å². The van der Waals surface area contributed by atoms with Gasteiger partial charge in [-0.1, -0.05) is 25.5 Å². The Labute approximate surface area is 122 Å². The summed E-state index contributed by atoms with van der Waals surface area (Å²) in [5.41, 5.74) is 1.08. The molecular weight excluding hydrogens is 270 g/mol. The van der Waals surface area contributed by atoms with Crippen LogP contribution >= 0.6 is 0 Å². The molecule has 1 heterocycles. The monoisotopic (exact) mass is 289 g/mol. The van der Waals surface area contributed by atoms with Gasteiger partial charge in [0.25, 0.3) is 5.69 Å². The van der Waals surface area contributed by atoms with Crippen molar-refractivity contribution in [2.24, 2.45) is 0 Å². The Hall–Kier alpha value is -2.28. The summed E-state index contributed by atoms with van der Waals surface area (Å²) in [6.07, 6.45) is 4.16. The van der Waals surface area contributed by atoms with Crippen molar-refractivity contribution in [1.29, 1.82) is 0 Å². The molecule has 0 spiro atoms. The van der Waals surface area contributed by atoms with Crippen LogP contribution in [-0.4, -0.2) is 26.6 Å².